The van der Waals surface area contributed by atoms with Gasteiger partial charge < -0.3 is 16.4 Å². The number of anilines is 5. The number of nitrogens with zero attached hydrogens (tertiary/aromatic N) is 5. The molecular formula is C34H25N7. The van der Waals surface area contributed by atoms with Crippen molar-refractivity contribution < 1.29 is 0 Å². The summed E-state index contributed by atoms with van der Waals surface area (Å²) in [7, 11) is 0. The maximum Gasteiger partial charge on any atom is 0.138 e. The zero-order valence-electron chi connectivity index (χ0n) is 22.0. The number of nitrogen functional groups attached to an aromatic ring is 2. The zero-order valence-corrected chi connectivity index (χ0v) is 22.0. The molecule has 0 amide bonds. The quantitative estimate of drug-likeness (QED) is 0.123. The summed E-state index contributed by atoms with van der Waals surface area (Å²) < 4.78 is 0. The van der Waals surface area contributed by atoms with Gasteiger partial charge in [0.15, 0.2) is 0 Å². The molecular weight excluding hydrogens is 506 g/mol. The second kappa shape index (κ2) is 12.1. The van der Waals surface area contributed by atoms with Gasteiger partial charge in [0, 0.05) is 34.0 Å². The van der Waals surface area contributed by atoms with Gasteiger partial charge in [0.2, 0.25) is 0 Å². The number of hydrogen-bond acceptors (Lipinski definition) is 7. The summed E-state index contributed by atoms with van der Waals surface area (Å²) in [6, 6.07) is 43.8. The van der Waals surface area contributed by atoms with Crippen LogP contribution in [0.5, 0.6) is 0 Å². The number of azo groups is 1. The molecule has 0 unspecified atom stereocenters. The third-order valence-corrected chi connectivity index (χ3v) is 6.38. The molecule has 0 aromatic heterocycles. The molecule has 0 atom stereocenters. The Morgan fingerprint density at radius 2 is 0.902 bits per heavy atom. The summed E-state index contributed by atoms with van der Waals surface area (Å²) in [6.07, 6.45) is 0. The van der Waals surface area contributed by atoms with Crippen molar-refractivity contribution in [2.45, 2.75) is 0 Å². The Kier molecular flexibility index (Phi) is 7.81. The molecule has 0 bridgehead atoms. The molecule has 0 heterocycles. The molecule has 0 aliphatic rings. The van der Waals surface area contributed by atoms with E-state index in [-0.39, 0.29) is 5.57 Å². The van der Waals surface area contributed by atoms with Crippen LogP contribution in [0.3, 0.4) is 0 Å². The number of rotatable bonds is 7. The highest BCUT2D eigenvalue weighted by molar-refractivity contribution is 5.87. The van der Waals surface area contributed by atoms with Crippen LogP contribution in [-0.2, 0) is 0 Å². The van der Waals surface area contributed by atoms with E-state index >= 15 is 0 Å². The van der Waals surface area contributed by atoms with Gasteiger partial charge in [0.05, 0.1) is 11.4 Å². The molecule has 4 N–H and O–H groups in total. The Bertz CT molecular complexity index is 1710. The number of nitrogens with two attached hydrogens (primary N) is 2. The van der Waals surface area contributed by atoms with Crippen molar-refractivity contribution in [3.05, 3.63) is 144 Å². The van der Waals surface area contributed by atoms with Crippen LogP contribution in [0.2, 0.25) is 0 Å². The van der Waals surface area contributed by atoms with Crippen molar-refractivity contribution in [3.63, 3.8) is 0 Å². The average molecular weight is 532 g/mol. The Hall–Kier alpha value is -6.18. The van der Waals surface area contributed by atoms with E-state index in [1.807, 2.05) is 140 Å². The first-order chi connectivity index (χ1) is 20.1. The van der Waals surface area contributed by atoms with Crippen LogP contribution in [0.1, 0.15) is 11.1 Å². The maximum absolute atomic E-state index is 9.51. The van der Waals surface area contributed by atoms with Crippen LogP contribution in [0, 0.1) is 22.7 Å². The van der Waals surface area contributed by atoms with Crippen molar-refractivity contribution in [1.82, 2.24) is 0 Å². The lowest BCUT2D eigenvalue weighted by Gasteiger charge is -2.25. The molecule has 41 heavy (non-hydrogen) atoms. The van der Waals surface area contributed by atoms with Crippen LogP contribution >= 0.6 is 0 Å². The number of benzene rings is 5. The van der Waals surface area contributed by atoms with Crippen molar-refractivity contribution in [1.29, 1.82) is 10.5 Å². The zero-order chi connectivity index (χ0) is 28.6. The Labute approximate surface area is 238 Å². The molecule has 7 nitrogen and oxygen atoms in total. The monoisotopic (exact) mass is 531 g/mol. The van der Waals surface area contributed by atoms with Gasteiger partial charge in [-0.15, -0.1) is 0 Å². The van der Waals surface area contributed by atoms with Crippen LogP contribution in [0.4, 0.5) is 39.8 Å². The second-order valence-electron chi connectivity index (χ2n) is 9.12. The molecule has 0 saturated carbocycles. The van der Waals surface area contributed by atoms with Crippen molar-refractivity contribution in [2.24, 2.45) is 10.2 Å². The Morgan fingerprint density at radius 3 is 1.34 bits per heavy atom. The Morgan fingerprint density at radius 1 is 0.512 bits per heavy atom. The predicted octanol–water partition coefficient (Wildman–Crippen LogP) is 8.59. The normalized spacial score (nSPS) is 10.5. The number of hydrogen-bond donors (Lipinski definition) is 2. The summed E-state index contributed by atoms with van der Waals surface area (Å²) in [5.41, 5.74) is 19.6. The summed E-state index contributed by atoms with van der Waals surface area (Å²) >= 11 is 0. The van der Waals surface area contributed by atoms with Crippen molar-refractivity contribution in [3.8, 4) is 12.1 Å². The minimum absolute atomic E-state index is 0.0534. The first kappa shape index (κ1) is 26.4. The van der Waals surface area contributed by atoms with Gasteiger partial charge in [-0.1, -0.05) is 42.5 Å². The van der Waals surface area contributed by atoms with Gasteiger partial charge in [-0.05, 0) is 96.1 Å². The van der Waals surface area contributed by atoms with E-state index in [0.717, 1.165) is 28.2 Å². The van der Waals surface area contributed by atoms with Crippen LogP contribution in [0.15, 0.2) is 143 Å². The van der Waals surface area contributed by atoms with Gasteiger partial charge in [0.25, 0.3) is 0 Å². The van der Waals surface area contributed by atoms with Gasteiger partial charge in [-0.25, -0.2) is 0 Å². The molecule has 5 aromatic rings. The summed E-state index contributed by atoms with van der Waals surface area (Å²) in [5, 5.41) is 27.8. The highest BCUT2D eigenvalue weighted by Gasteiger charge is 2.13. The third-order valence-electron chi connectivity index (χ3n) is 6.38. The van der Waals surface area contributed by atoms with Crippen LogP contribution in [-0.4, -0.2) is 0 Å². The molecule has 5 aromatic carbocycles. The number of nitriles is 2. The Balaban J connectivity index is 1.39. The lowest BCUT2D eigenvalue weighted by molar-refractivity contribution is 1.22. The first-order valence-electron chi connectivity index (χ1n) is 12.8. The molecule has 0 fully saturated rings. The third kappa shape index (κ3) is 6.12. The minimum atomic E-state index is 0.0534. The van der Waals surface area contributed by atoms with Crippen LogP contribution < -0.4 is 16.4 Å². The second-order valence-corrected chi connectivity index (χ2v) is 9.12. The molecule has 0 spiro atoms. The van der Waals surface area contributed by atoms with E-state index in [2.05, 4.69) is 15.1 Å². The summed E-state index contributed by atoms with van der Waals surface area (Å²) in [4.78, 5) is 2.10. The van der Waals surface area contributed by atoms with Gasteiger partial charge in [-0.3, -0.25) is 0 Å². The molecule has 0 aliphatic heterocycles. The minimum Gasteiger partial charge on any atom is -0.399 e. The van der Waals surface area contributed by atoms with E-state index in [1.54, 1.807) is 0 Å². The van der Waals surface area contributed by atoms with Crippen molar-refractivity contribution >= 4 is 45.4 Å². The molecule has 0 saturated heterocycles. The van der Waals surface area contributed by atoms with E-state index in [0.29, 0.717) is 28.3 Å². The average Bonchev–Trinajstić information content (AvgIpc) is 3.02. The van der Waals surface area contributed by atoms with Gasteiger partial charge >= 0.3 is 0 Å². The fourth-order valence-electron chi connectivity index (χ4n) is 4.37. The van der Waals surface area contributed by atoms with Gasteiger partial charge in [0.1, 0.15) is 17.7 Å². The van der Waals surface area contributed by atoms with Crippen LogP contribution in [0.25, 0.3) is 5.57 Å². The molecule has 0 radical (unpaired) electrons. The fourth-order valence-corrected chi connectivity index (χ4v) is 4.37. The molecule has 7 heteroatoms. The smallest absolute Gasteiger partial charge is 0.138 e. The highest BCUT2D eigenvalue weighted by Crippen LogP contribution is 2.36. The SMILES string of the molecule is N#CC(C#N)=C(c1ccccc1)c1ccc(N=Nc2ccc(N(c3ccc(N)cc3)c3ccc(N)cc3)cc2)cc1. The fraction of sp³-hybridized carbons (Fsp3) is 0. The van der Waals surface area contributed by atoms with E-state index in [1.165, 1.54) is 0 Å². The molecule has 0 aliphatic carbocycles. The number of allylic oxidation sites excluding steroid dienone is 1. The summed E-state index contributed by atoms with van der Waals surface area (Å²) in [5.74, 6) is 0. The van der Waals surface area contributed by atoms with Gasteiger partial charge in [-0.2, -0.15) is 20.8 Å². The van der Waals surface area contributed by atoms with E-state index in [4.69, 9.17) is 11.5 Å². The lowest BCUT2D eigenvalue weighted by Crippen LogP contribution is -2.09. The largest absolute Gasteiger partial charge is 0.399 e. The standard InChI is InChI=1S/C34H25N7/c35-22-26(23-36)34(24-4-2-1-3-5-24)25-6-12-29(13-7-25)39-40-30-14-20-33(21-15-30)41(31-16-8-27(37)9-17-31)32-18-10-28(38)11-19-32/h1-21H,37-38H2. The van der Waals surface area contributed by atoms with E-state index < -0.39 is 0 Å². The highest BCUT2D eigenvalue weighted by atomic mass is 15.1. The van der Waals surface area contributed by atoms with Crippen molar-refractivity contribution in [2.75, 3.05) is 16.4 Å². The first-order valence-corrected chi connectivity index (χ1v) is 12.8. The summed E-state index contributed by atoms with van der Waals surface area (Å²) in [6.45, 7) is 0. The van der Waals surface area contributed by atoms with E-state index in [9.17, 15) is 10.5 Å². The maximum atomic E-state index is 9.51. The topological polar surface area (TPSA) is 128 Å². The predicted molar refractivity (Wildman–Crippen MR) is 164 cm³/mol. The lowest BCUT2D eigenvalue weighted by atomic mass is 9.94. The molecule has 5 rings (SSSR count). The molecule has 196 valence electrons.